The Labute approximate surface area is 122 Å². The van der Waals surface area contributed by atoms with E-state index in [0.717, 1.165) is 4.47 Å². The Balaban J connectivity index is 2.81. The van der Waals surface area contributed by atoms with Crippen LogP contribution >= 0.6 is 31.9 Å². The van der Waals surface area contributed by atoms with Crippen molar-refractivity contribution in [1.82, 2.24) is 10.3 Å². The SMILES string of the molecule is COC(=O)[C@@H](NC(=O)c1cc(Br)c(Br)[nH]1)C(C)C. The van der Waals surface area contributed by atoms with Crippen LogP contribution in [-0.2, 0) is 9.53 Å². The van der Waals surface area contributed by atoms with E-state index < -0.39 is 12.0 Å². The Morgan fingerprint density at radius 2 is 2.00 bits per heavy atom. The van der Waals surface area contributed by atoms with E-state index >= 15 is 0 Å². The molecule has 0 spiro atoms. The van der Waals surface area contributed by atoms with Crippen LogP contribution in [0.2, 0.25) is 0 Å². The number of nitrogens with one attached hydrogen (secondary N) is 2. The smallest absolute Gasteiger partial charge is 0.328 e. The van der Waals surface area contributed by atoms with E-state index in [1.807, 2.05) is 13.8 Å². The molecule has 0 bridgehead atoms. The number of carbonyl (C=O) groups excluding carboxylic acids is 2. The van der Waals surface area contributed by atoms with Crippen molar-refractivity contribution in [3.63, 3.8) is 0 Å². The fraction of sp³-hybridized carbons (Fsp3) is 0.455. The molecular weight excluding hydrogens is 368 g/mol. The Bertz CT molecular complexity index is 438. The van der Waals surface area contributed by atoms with Crippen LogP contribution in [0, 0.1) is 5.92 Å². The summed E-state index contributed by atoms with van der Waals surface area (Å²) in [6, 6.07) is 0.969. The lowest BCUT2D eigenvalue weighted by molar-refractivity contribution is -0.144. The highest BCUT2D eigenvalue weighted by Gasteiger charge is 2.26. The normalized spacial score (nSPS) is 12.3. The van der Waals surface area contributed by atoms with Gasteiger partial charge in [-0.2, -0.15) is 0 Å². The molecule has 0 aliphatic carbocycles. The van der Waals surface area contributed by atoms with Gasteiger partial charge in [-0.05, 0) is 43.8 Å². The molecule has 1 aromatic heterocycles. The molecule has 1 amide bonds. The molecule has 0 saturated heterocycles. The summed E-state index contributed by atoms with van der Waals surface area (Å²) in [4.78, 5) is 26.3. The highest BCUT2D eigenvalue weighted by Crippen LogP contribution is 2.23. The molecule has 0 unspecified atom stereocenters. The van der Waals surface area contributed by atoms with Gasteiger partial charge >= 0.3 is 5.97 Å². The quantitative estimate of drug-likeness (QED) is 0.787. The van der Waals surface area contributed by atoms with Gasteiger partial charge < -0.3 is 15.0 Å². The van der Waals surface area contributed by atoms with Gasteiger partial charge in [-0.1, -0.05) is 13.8 Å². The van der Waals surface area contributed by atoms with E-state index in [1.165, 1.54) is 7.11 Å². The summed E-state index contributed by atoms with van der Waals surface area (Å²) < 4.78 is 6.07. The van der Waals surface area contributed by atoms with Crippen LogP contribution in [0.25, 0.3) is 0 Å². The lowest BCUT2D eigenvalue weighted by atomic mass is 10.0. The van der Waals surface area contributed by atoms with Gasteiger partial charge in [-0.15, -0.1) is 0 Å². The molecule has 0 fully saturated rings. The van der Waals surface area contributed by atoms with Crippen LogP contribution in [-0.4, -0.2) is 30.0 Å². The van der Waals surface area contributed by atoms with Crippen LogP contribution in [0.15, 0.2) is 15.1 Å². The highest BCUT2D eigenvalue weighted by atomic mass is 79.9. The molecule has 0 saturated carbocycles. The van der Waals surface area contributed by atoms with E-state index in [0.29, 0.717) is 10.3 Å². The molecule has 1 atom stereocenters. The highest BCUT2D eigenvalue weighted by molar-refractivity contribution is 9.13. The second kappa shape index (κ2) is 6.38. The van der Waals surface area contributed by atoms with Gasteiger partial charge in [0.1, 0.15) is 11.7 Å². The second-order valence-electron chi connectivity index (χ2n) is 4.06. The summed E-state index contributed by atoms with van der Waals surface area (Å²) >= 11 is 6.52. The lowest BCUT2D eigenvalue weighted by Gasteiger charge is -2.19. The van der Waals surface area contributed by atoms with Crippen molar-refractivity contribution in [2.75, 3.05) is 7.11 Å². The van der Waals surface area contributed by atoms with Crippen LogP contribution in [0.1, 0.15) is 24.3 Å². The van der Waals surface area contributed by atoms with Crippen LogP contribution in [0.4, 0.5) is 0 Å². The number of aromatic nitrogens is 1. The lowest BCUT2D eigenvalue weighted by Crippen LogP contribution is -2.45. The van der Waals surface area contributed by atoms with E-state index in [-0.39, 0.29) is 11.8 Å². The Morgan fingerprint density at radius 3 is 2.39 bits per heavy atom. The largest absolute Gasteiger partial charge is 0.467 e. The number of esters is 1. The first-order chi connectivity index (χ1) is 8.36. The van der Waals surface area contributed by atoms with Crippen LogP contribution < -0.4 is 5.32 Å². The average molecular weight is 382 g/mol. The van der Waals surface area contributed by atoms with E-state index in [2.05, 4.69) is 46.9 Å². The van der Waals surface area contributed by atoms with Gasteiger partial charge in [-0.3, -0.25) is 4.79 Å². The van der Waals surface area contributed by atoms with E-state index in [4.69, 9.17) is 0 Å². The van der Waals surface area contributed by atoms with Crippen LogP contribution in [0.5, 0.6) is 0 Å². The van der Waals surface area contributed by atoms with Crippen molar-refractivity contribution in [3.05, 3.63) is 20.8 Å². The maximum absolute atomic E-state index is 12.0. The third-order valence-electron chi connectivity index (χ3n) is 2.38. The molecule has 1 heterocycles. The Hall–Kier alpha value is -0.820. The molecule has 2 N–H and O–H groups in total. The summed E-state index contributed by atoms with van der Waals surface area (Å²) in [5, 5.41) is 2.64. The number of methoxy groups -OCH3 is 1. The van der Waals surface area contributed by atoms with Crippen molar-refractivity contribution in [3.8, 4) is 0 Å². The van der Waals surface area contributed by atoms with Crippen molar-refractivity contribution in [1.29, 1.82) is 0 Å². The fourth-order valence-electron chi connectivity index (χ4n) is 1.37. The molecule has 0 aliphatic heterocycles. The van der Waals surface area contributed by atoms with Crippen molar-refractivity contribution < 1.29 is 14.3 Å². The predicted molar refractivity (Wildman–Crippen MR) is 74.3 cm³/mol. The summed E-state index contributed by atoms with van der Waals surface area (Å²) in [6.07, 6.45) is 0. The summed E-state index contributed by atoms with van der Waals surface area (Å²) in [7, 11) is 1.30. The van der Waals surface area contributed by atoms with Crippen LogP contribution in [0.3, 0.4) is 0 Å². The molecule has 1 aromatic rings. The minimum atomic E-state index is -0.664. The molecule has 0 aromatic carbocycles. The maximum Gasteiger partial charge on any atom is 0.328 e. The maximum atomic E-state index is 12.0. The number of halogens is 2. The summed E-state index contributed by atoms with van der Waals surface area (Å²) in [5.41, 5.74) is 0.364. The third kappa shape index (κ3) is 3.58. The van der Waals surface area contributed by atoms with Crippen molar-refractivity contribution in [2.45, 2.75) is 19.9 Å². The minimum Gasteiger partial charge on any atom is -0.467 e. The first-order valence-electron chi connectivity index (χ1n) is 5.29. The number of H-pyrrole nitrogens is 1. The molecule has 100 valence electrons. The molecule has 0 radical (unpaired) electrons. The standard InChI is InChI=1S/C11H14Br2N2O3/c1-5(2)8(11(17)18-3)15-10(16)7-4-6(12)9(13)14-7/h4-5,8,14H,1-3H3,(H,15,16)/t8-/m0/s1. The van der Waals surface area contributed by atoms with Crippen molar-refractivity contribution >= 4 is 43.7 Å². The number of aromatic amines is 1. The first kappa shape index (κ1) is 15.2. The first-order valence-corrected chi connectivity index (χ1v) is 6.88. The van der Waals surface area contributed by atoms with Gasteiger partial charge in [0.05, 0.1) is 16.2 Å². The Morgan fingerprint density at radius 1 is 1.39 bits per heavy atom. The topological polar surface area (TPSA) is 71.2 Å². The van der Waals surface area contributed by atoms with Gasteiger partial charge in [0.2, 0.25) is 0 Å². The van der Waals surface area contributed by atoms with Gasteiger partial charge in [0.15, 0.2) is 0 Å². The molecule has 5 nitrogen and oxygen atoms in total. The van der Waals surface area contributed by atoms with Gasteiger partial charge in [0.25, 0.3) is 5.91 Å². The van der Waals surface area contributed by atoms with E-state index in [9.17, 15) is 9.59 Å². The molecule has 1 rings (SSSR count). The van der Waals surface area contributed by atoms with Gasteiger partial charge in [0, 0.05) is 0 Å². The third-order valence-corrected chi connectivity index (χ3v) is 4.16. The average Bonchev–Trinajstić information content (AvgIpc) is 2.65. The number of carbonyl (C=O) groups is 2. The fourth-order valence-corrected chi connectivity index (χ4v) is 2.03. The number of rotatable bonds is 4. The molecular formula is C11H14Br2N2O3. The minimum absolute atomic E-state index is 0.0526. The zero-order valence-electron chi connectivity index (χ0n) is 10.2. The molecule has 7 heteroatoms. The number of ether oxygens (including phenoxy) is 1. The molecule has 0 aliphatic rings. The zero-order chi connectivity index (χ0) is 13.9. The number of hydrogen-bond donors (Lipinski definition) is 2. The predicted octanol–water partition coefficient (Wildman–Crippen LogP) is 2.47. The molecule has 18 heavy (non-hydrogen) atoms. The van der Waals surface area contributed by atoms with Crippen molar-refractivity contribution in [2.24, 2.45) is 5.92 Å². The Kier molecular flexibility index (Phi) is 5.40. The van der Waals surface area contributed by atoms with Gasteiger partial charge in [-0.25, -0.2) is 4.79 Å². The summed E-state index contributed by atoms with van der Waals surface area (Å²) in [6.45, 7) is 3.67. The monoisotopic (exact) mass is 380 g/mol. The number of hydrogen-bond acceptors (Lipinski definition) is 3. The van der Waals surface area contributed by atoms with E-state index in [1.54, 1.807) is 6.07 Å². The number of amides is 1. The second-order valence-corrected chi connectivity index (χ2v) is 5.71. The summed E-state index contributed by atoms with van der Waals surface area (Å²) in [5.74, 6) is -0.864. The zero-order valence-corrected chi connectivity index (χ0v) is 13.4.